The highest BCUT2D eigenvalue weighted by atomic mass is 19.1. The van der Waals surface area contributed by atoms with Gasteiger partial charge in [-0.3, -0.25) is 9.48 Å². The second-order valence-corrected chi connectivity index (χ2v) is 7.60. The van der Waals surface area contributed by atoms with Crippen molar-refractivity contribution in [3.63, 3.8) is 0 Å². The van der Waals surface area contributed by atoms with Gasteiger partial charge in [0.2, 0.25) is 0 Å². The van der Waals surface area contributed by atoms with E-state index < -0.39 is 17.4 Å². The molecule has 0 saturated carbocycles. The molecule has 0 bridgehead atoms. The molecule has 0 unspecified atom stereocenters. The van der Waals surface area contributed by atoms with E-state index in [0.29, 0.717) is 24.3 Å². The van der Waals surface area contributed by atoms with E-state index >= 15 is 0 Å². The van der Waals surface area contributed by atoms with E-state index in [0.717, 1.165) is 0 Å². The van der Waals surface area contributed by atoms with Gasteiger partial charge in [0.1, 0.15) is 11.4 Å². The average molecular weight is 375 g/mol. The zero-order chi connectivity index (χ0) is 19.8. The molecule has 1 fully saturated rings. The molecule has 1 aliphatic rings. The number of carbonyl (C=O) groups is 2. The molecule has 0 radical (unpaired) electrons. The summed E-state index contributed by atoms with van der Waals surface area (Å²) in [4.78, 5) is 24.4. The molecule has 3 rings (SSSR count). The second-order valence-electron chi connectivity index (χ2n) is 7.60. The second kappa shape index (κ2) is 7.02. The van der Waals surface area contributed by atoms with Crippen molar-refractivity contribution in [2.45, 2.75) is 38.8 Å². The maximum atomic E-state index is 14.2. The van der Waals surface area contributed by atoms with Gasteiger partial charge in [0, 0.05) is 24.8 Å². The zero-order valence-electron chi connectivity index (χ0n) is 15.5. The van der Waals surface area contributed by atoms with Crippen molar-refractivity contribution in [1.82, 2.24) is 14.7 Å². The van der Waals surface area contributed by atoms with E-state index in [1.165, 1.54) is 18.2 Å². The third kappa shape index (κ3) is 4.45. The number of carboxylic acids is 1. The first-order valence-electron chi connectivity index (χ1n) is 8.66. The summed E-state index contributed by atoms with van der Waals surface area (Å²) >= 11 is 0. The fourth-order valence-corrected chi connectivity index (χ4v) is 2.84. The number of ether oxygens (including phenoxy) is 1. The molecule has 1 aromatic heterocycles. The maximum Gasteiger partial charge on any atom is 0.410 e. The van der Waals surface area contributed by atoms with Crippen LogP contribution < -0.4 is 0 Å². The summed E-state index contributed by atoms with van der Waals surface area (Å²) < 4.78 is 21.2. The Hall–Kier alpha value is -2.90. The van der Waals surface area contributed by atoms with Crippen LogP contribution in [0.1, 0.15) is 32.4 Å². The van der Waals surface area contributed by atoms with Crippen molar-refractivity contribution in [3.05, 3.63) is 41.8 Å². The summed E-state index contributed by atoms with van der Waals surface area (Å²) in [6.07, 6.45) is 1.19. The highest BCUT2D eigenvalue weighted by Gasteiger charge is 2.35. The van der Waals surface area contributed by atoms with Crippen molar-refractivity contribution < 1.29 is 23.8 Å². The molecule has 0 atom stereocenters. The lowest BCUT2D eigenvalue weighted by Crippen LogP contribution is -2.52. The standard InChI is InChI=1S/C19H22FN3O4/c1-19(2,3)27-18(26)22-10-13(11-22)23-7-6-16(21-23)14-8-12(9-17(24)25)4-5-15(14)20/h4-8,13H,9-11H2,1-3H3,(H,24,25). The number of carboxylic acid groups (broad SMARTS) is 1. The zero-order valence-corrected chi connectivity index (χ0v) is 15.5. The Kier molecular flexibility index (Phi) is 4.91. The minimum Gasteiger partial charge on any atom is -0.481 e. The van der Waals surface area contributed by atoms with Crippen LogP contribution in [0, 0.1) is 5.82 Å². The summed E-state index contributed by atoms with van der Waals surface area (Å²) in [5.41, 5.74) is 0.652. The molecule has 144 valence electrons. The van der Waals surface area contributed by atoms with Gasteiger partial charge < -0.3 is 14.7 Å². The molecular weight excluding hydrogens is 353 g/mol. The predicted molar refractivity (Wildman–Crippen MR) is 95.8 cm³/mol. The number of nitrogens with zero attached hydrogens (tertiary/aromatic N) is 3. The fourth-order valence-electron chi connectivity index (χ4n) is 2.84. The SMILES string of the molecule is CC(C)(C)OC(=O)N1CC(n2ccc(-c3cc(CC(=O)O)ccc3F)n2)C1. The Balaban J connectivity index is 1.68. The minimum absolute atomic E-state index is 0.00321. The highest BCUT2D eigenvalue weighted by Crippen LogP contribution is 2.27. The van der Waals surface area contributed by atoms with Crippen molar-refractivity contribution in [3.8, 4) is 11.3 Å². The van der Waals surface area contributed by atoms with Gasteiger partial charge in [-0.05, 0) is 44.5 Å². The third-order valence-electron chi connectivity index (χ3n) is 4.16. The van der Waals surface area contributed by atoms with E-state index in [1.807, 2.05) is 20.8 Å². The largest absolute Gasteiger partial charge is 0.481 e. The summed E-state index contributed by atoms with van der Waals surface area (Å²) in [6, 6.07) is 5.88. The van der Waals surface area contributed by atoms with Gasteiger partial charge in [0.15, 0.2) is 0 Å². The van der Waals surface area contributed by atoms with Crippen LogP contribution in [-0.2, 0) is 16.0 Å². The lowest BCUT2D eigenvalue weighted by atomic mass is 10.1. The lowest BCUT2D eigenvalue weighted by Gasteiger charge is -2.39. The van der Waals surface area contributed by atoms with Crippen molar-refractivity contribution in [2.24, 2.45) is 0 Å². The van der Waals surface area contributed by atoms with Crippen LogP contribution in [-0.4, -0.2) is 50.5 Å². The molecule has 8 heteroatoms. The van der Waals surface area contributed by atoms with Crippen LogP contribution >= 0.6 is 0 Å². The molecule has 0 spiro atoms. The van der Waals surface area contributed by atoms with Gasteiger partial charge in [-0.15, -0.1) is 0 Å². The number of rotatable bonds is 4. The van der Waals surface area contributed by atoms with Crippen molar-refractivity contribution in [1.29, 1.82) is 0 Å². The number of hydrogen-bond donors (Lipinski definition) is 1. The molecule has 1 aliphatic heterocycles. The van der Waals surface area contributed by atoms with Crippen LogP contribution in [0.5, 0.6) is 0 Å². The molecule has 2 aromatic rings. The third-order valence-corrected chi connectivity index (χ3v) is 4.16. The van der Waals surface area contributed by atoms with Crippen LogP contribution in [0.25, 0.3) is 11.3 Å². The molecular formula is C19H22FN3O4. The van der Waals surface area contributed by atoms with E-state index in [1.54, 1.807) is 21.8 Å². The first-order chi connectivity index (χ1) is 12.6. The topological polar surface area (TPSA) is 84.7 Å². The Labute approximate surface area is 156 Å². The molecule has 1 N–H and O–H groups in total. The fraction of sp³-hybridized carbons (Fsp3) is 0.421. The number of benzene rings is 1. The molecule has 0 aliphatic carbocycles. The quantitative estimate of drug-likeness (QED) is 0.888. The van der Waals surface area contributed by atoms with Crippen LogP contribution in [0.15, 0.2) is 30.5 Å². The number of aromatic nitrogens is 2. The number of aliphatic carboxylic acids is 1. The molecule has 1 saturated heterocycles. The molecule has 1 aromatic carbocycles. The number of likely N-dealkylation sites (tertiary alicyclic amines) is 1. The van der Waals surface area contributed by atoms with Gasteiger partial charge in [-0.25, -0.2) is 9.18 Å². The van der Waals surface area contributed by atoms with Crippen molar-refractivity contribution >= 4 is 12.1 Å². The minimum atomic E-state index is -0.977. The molecule has 27 heavy (non-hydrogen) atoms. The molecule has 2 heterocycles. The number of carbonyl (C=O) groups excluding carboxylic acids is 1. The van der Waals surface area contributed by atoms with E-state index in [-0.39, 0.29) is 24.1 Å². The van der Waals surface area contributed by atoms with E-state index in [2.05, 4.69) is 5.10 Å². The molecule has 1 amide bonds. The summed E-state index contributed by atoms with van der Waals surface area (Å²) in [6.45, 7) is 6.38. The monoisotopic (exact) mass is 375 g/mol. The Morgan fingerprint density at radius 1 is 1.30 bits per heavy atom. The normalized spacial score (nSPS) is 14.7. The van der Waals surface area contributed by atoms with Crippen LogP contribution in [0.3, 0.4) is 0 Å². The van der Waals surface area contributed by atoms with Gasteiger partial charge >= 0.3 is 12.1 Å². The van der Waals surface area contributed by atoms with Gasteiger partial charge in [-0.1, -0.05) is 6.07 Å². The van der Waals surface area contributed by atoms with Crippen molar-refractivity contribution in [2.75, 3.05) is 13.1 Å². The Morgan fingerprint density at radius 2 is 2.00 bits per heavy atom. The van der Waals surface area contributed by atoms with Crippen LogP contribution in [0.4, 0.5) is 9.18 Å². The van der Waals surface area contributed by atoms with Gasteiger partial charge in [-0.2, -0.15) is 5.10 Å². The van der Waals surface area contributed by atoms with Gasteiger partial charge in [0.05, 0.1) is 18.2 Å². The first kappa shape index (κ1) is 18.9. The number of hydrogen-bond acceptors (Lipinski definition) is 4. The summed E-state index contributed by atoms with van der Waals surface area (Å²) in [7, 11) is 0. The number of halogens is 1. The van der Waals surface area contributed by atoms with Crippen LogP contribution in [0.2, 0.25) is 0 Å². The average Bonchev–Trinajstić information content (AvgIpc) is 2.94. The predicted octanol–water partition coefficient (Wildman–Crippen LogP) is 3.11. The highest BCUT2D eigenvalue weighted by molar-refractivity contribution is 5.71. The smallest absolute Gasteiger partial charge is 0.410 e. The van der Waals surface area contributed by atoms with Gasteiger partial charge in [0.25, 0.3) is 0 Å². The lowest BCUT2D eigenvalue weighted by molar-refractivity contribution is -0.136. The van der Waals surface area contributed by atoms with E-state index in [4.69, 9.17) is 9.84 Å². The molecule has 7 nitrogen and oxygen atoms in total. The first-order valence-corrected chi connectivity index (χ1v) is 8.66. The summed E-state index contributed by atoms with van der Waals surface area (Å²) in [5, 5.41) is 13.3. The summed E-state index contributed by atoms with van der Waals surface area (Å²) in [5.74, 6) is -1.44. The Bertz CT molecular complexity index is 866. The van der Waals surface area contributed by atoms with E-state index in [9.17, 15) is 14.0 Å². The Morgan fingerprint density at radius 3 is 2.63 bits per heavy atom. The number of amides is 1. The maximum absolute atomic E-state index is 14.2.